The number of halogens is 8. The van der Waals surface area contributed by atoms with E-state index in [1.165, 1.54) is 13.2 Å². The lowest BCUT2D eigenvalue weighted by atomic mass is 9.97. The standard InChI is InChI=1S/C11H8BrClF6O/c1-20-7-3-2-5(4-6(7)12)8(13)9(10(14,15)16)11(17,18)19/h2-4,8-9H,1H3. The van der Waals surface area contributed by atoms with Crippen LogP contribution in [0.5, 0.6) is 5.75 Å². The minimum absolute atomic E-state index is 0.214. The van der Waals surface area contributed by atoms with Crippen molar-refractivity contribution in [3.63, 3.8) is 0 Å². The van der Waals surface area contributed by atoms with Crippen LogP contribution >= 0.6 is 27.5 Å². The zero-order chi connectivity index (χ0) is 15.7. The summed E-state index contributed by atoms with van der Waals surface area (Å²) in [5.74, 6) is -3.37. The highest BCUT2D eigenvalue weighted by atomic mass is 79.9. The predicted molar refractivity (Wildman–Crippen MR) is 64.9 cm³/mol. The summed E-state index contributed by atoms with van der Waals surface area (Å²) in [7, 11) is 1.31. The Kier molecular flexibility index (Phi) is 5.23. The summed E-state index contributed by atoms with van der Waals surface area (Å²) in [6.07, 6.45) is -11.0. The van der Waals surface area contributed by atoms with Crippen molar-refractivity contribution in [1.82, 2.24) is 0 Å². The van der Waals surface area contributed by atoms with Gasteiger partial charge >= 0.3 is 12.4 Å². The molecule has 0 saturated heterocycles. The van der Waals surface area contributed by atoms with Gasteiger partial charge in [-0.1, -0.05) is 6.07 Å². The van der Waals surface area contributed by atoms with Gasteiger partial charge in [-0.15, -0.1) is 11.6 Å². The largest absolute Gasteiger partial charge is 0.496 e. The molecule has 0 N–H and O–H groups in total. The molecule has 114 valence electrons. The van der Waals surface area contributed by atoms with Crippen LogP contribution in [0.4, 0.5) is 26.3 Å². The lowest BCUT2D eigenvalue weighted by molar-refractivity contribution is -0.284. The van der Waals surface area contributed by atoms with E-state index in [0.29, 0.717) is 0 Å². The van der Waals surface area contributed by atoms with E-state index in [4.69, 9.17) is 16.3 Å². The van der Waals surface area contributed by atoms with Crippen LogP contribution in [0.3, 0.4) is 0 Å². The van der Waals surface area contributed by atoms with Crippen molar-refractivity contribution >= 4 is 27.5 Å². The first-order valence-corrected chi connectivity index (χ1v) is 6.32. The minimum Gasteiger partial charge on any atom is -0.496 e. The molecule has 1 unspecified atom stereocenters. The Balaban J connectivity index is 3.20. The average Bonchev–Trinajstić information content (AvgIpc) is 2.24. The number of hydrogen-bond donors (Lipinski definition) is 0. The first-order valence-electron chi connectivity index (χ1n) is 5.09. The molecule has 1 atom stereocenters. The summed E-state index contributed by atoms with van der Waals surface area (Å²) in [5, 5.41) is -2.28. The topological polar surface area (TPSA) is 9.23 Å². The second-order valence-electron chi connectivity index (χ2n) is 3.86. The molecule has 0 radical (unpaired) electrons. The Morgan fingerprint density at radius 3 is 1.95 bits per heavy atom. The van der Waals surface area contributed by atoms with Crippen molar-refractivity contribution in [2.24, 2.45) is 5.92 Å². The third-order valence-corrected chi connectivity index (χ3v) is 3.62. The molecule has 0 saturated carbocycles. The van der Waals surface area contributed by atoms with Crippen LogP contribution in [0, 0.1) is 5.92 Å². The Morgan fingerprint density at radius 2 is 1.60 bits per heavy atom. The fourth-order valence-electron chi connectivity index (χ4n) is 1.56. The normalized spacial score (nSPS) is 14.5. The Morgan fingerprint density at radius 1 is 1.10 bits per heavy atom. The van der Waals surface area contributed by atoms with Gasteiger partial charge in [0.15, 0.2) is 5.92 Å². The van der Waals surface area contributed by atoms with Gasteiger partial charge < -0.3 is 4.74 Å². The zero-order valence-electron chi connectivity index (χ0n) is 9.82. The van der Waals surface area contributed by atoms with E-state index in [-0.39, 0.29) is 15.8 Å². The second-order valence-corrected chi connectivity index (χ2v) is 5.18. The number of methoxy groups -OCH3 is 1. The molecule has 1 aromatic rings. The van der Waals surface area contributed by atoms with Crippen molar-refractivity contribution < 1.29 is 31.1 Å². The maximum absolute atomic E-state index is 12.6. The monoisotopic (exact) mass is 384 g/mol. The molecule has 0 aliphatic rings. The fourth-order valence-corrected chi connectivity index (χ4v) is 2.54. The quantitative estimate of drug-likeness (QED) is 0.495. The summed E-state index contributed by atoms with van der Waals surface area (Å²) in [6, 6.07) is 3.37. The number of hydrogen-bond acceptors (Lipinski definition) is 1. The highest BCUT2D eigenvalue weighted by Gasteiger charge is 2.60. The number of ether oxygens (including phenoxy) is 1. The van der Waals surface area contributed by atoms with Crippen molar-refractivity contribution in [2.75, 3.05) is 7.11 Å². The summed E-state index contributed by atoms with van der Waals surface area (Å²) in [5.41, 5.74) is -0.306. The van der Waals surface area contributed by atoms with Gasteiger partial charge in [0.1, 0.15) is 5.75 Å². The van der Waals surface area contributed by atoms with Gasteiger partial charge in [0.25, 0.3) is 0 Å². The maximum Gasteiger partial charge on any atom is 0.402 e. The molecule has 0 spiro atoms. The number of alkyl halides is 7. The molecule has 0 aromatic heterocycles. The number of benzene rings is 1. The zero-order valence-corrected chi connectivity index (χ0v) is 12.2. The molecule has 1 aromatic carbocycles. The summed E-state index contributed by atoms with van der Waals surface area (Å²) in [6.45, 7) is 0. The van der Waals surface area contributed by atoms with Crippen LogP contribution in [0.2, 0.25) is 0 Å². The molecule has 0 heterocycles. The van der Waals surface area contributed by atoms with E-state index < -0.39 is 23.6 Å². The van der Waals surface area contributed by atoms with Crippen molar-refractivity contribution in [2.45, 2.75) is 17.7 Å². The van der Waals surface area contributed by atoms with Gasteiger partial charge in [-0.25, -0.2) is 0 Å². The molecular formula is C11H8BrClF6O. The summed E-state index contributed by atoms with van der Waals surface area (Å²) >= 11 is 8.39. The van der Waals surface area contributed by atoms with Gasteiger partial charge in [-0.05, 0) is 33.6 Å². The Hall–Kier alpha value is -0.630. The van der Waals surface area contributed by atoms with Gasteiger partial charge in [0.2, 0.25) is 0 Å². The molecular weight excluding hydrogens is 377 g/mol. The molecule has 0 aliphatic carbocycles. The predicted octanol–water partition coefficient (Wildman–Crippen LogP) is 5.48. The molecule has 0 amide bonds. The van der Waals surface area contributed by atoms with Gasteiger partial charge in [0, 0.05) is 0 Å². The van der Waals surface area contributed by atoms with Gasteiger partial charge in [-0.3, -0.25) is 0 Å². The molecule has 0 fully saturated rings. The fraction of sp³-hybridized carbons (Fsp3) is 0.455. The first kappa shape index (κ1) is 17.4. The van der Waals surface area contributed by atoms with Gasteiger partial charge in [-0.2, -0.15) is 26.3 Å². The maximum atomic E-state index is 12.6. The van der Waals surface area contributed by atoms with Crippen LogP contribution in [-0.2, 0) is 0 Å². The summed E-state index contributed by atoms with van der Waals surface area (Å²) < 4.78 is 80.4. The molecule has 0 aliphatic heterocycles. The van der Waals surface area contributed by atoms with Gasteiger partial charge in [0.05, 0.1) is 17.0 Å². The highest BCUT2D eigenvalue weighted by molar-refractivity contribution is 9.10. The lowest BCUT2D eigenvalue weighted by Crippen LogP contribution is -2.39. The van der Waals surface area contributed by atoms with E-state index in [1.807, 2.05) is 0 Å². The Bertz CT molecular complexity index is 459. The van der Waals surface area contributed by atoms with Crippen LogP contribution in [-0.4, -0.2) is 19.5 Å². The van der Waals surface area contributed by atoms with Crippen molar-refractivity contribution in [3.8, 4) is 5.75 Å². The smallest absolute Gasteiger partial charge is 0.402 e. The van der Waals surface area contributed by atoms with E-state index in [2.05, 4.69) is 15.9 Å². The van der Waals surface area contributed by atoms with E-state index in [9.17, 15) is 26.3 Å². The van der Waals surface area contributed by atoms with E-state index in [0.717, 1.165) is 12.1 Å². The molecule has 20 heavy (non-hydrogen) atoms. The second kappa shape index (κ2) is 6.01. The third-order valence-electron chi connectivity index (χ3n) is 2.49. The van der Waals surface area contributed by atoms with Crippen molar-refractivity contribution in [3.05, 3.63) is 28.2 Å². The highest BCUT2D eigenvalue weighted by Crippen LogP contribution is 2.49. The van der Waals surface area contributed by atoms with Crippen LogP contribution in [0.1, 0.15) is 10.9 Å². The molecule has 1 rings (SSSR count). The average molecular weight is 386 g/mol. The summed E-state index contributed by atoms with van der Waals surface area (Å²) in [4.78, 5) is 0. The molecule has 1 nitrogen and oxygen atoms in total. The number of rotatable bonds is 3. The van der Waals surface area contributed by atoms with Crippen LogP contribution < -0.4 is 4.74 Å². The molecule has 9 heteroatoms. The first-order chi connectivity index (χ1) is 8.98. The third kappa shape index (κ3) is 3.94. The van der Waals surface area contributed by atoms with Crippen LogP contribution in [0.15, 0.2) is 22.7 Å². The molecule has 0 bridgehead atoms. The Labute approximate surface area is 124 Å². The van der Waals surface area contributed by atoms with Crippen molar-refractivity contribution in [1.29, 1.82) is 0 Å². The lowest BCUT2D eigenvalue weighted by Gasteiger charge is -2.27. The van der Waals surface area contributed by atoms with E-state index >= 15 is 0 Å². The SMILES string of the molecule is COc1ccc(C(Cl)C(C(F)(F)F)C(F)(F)F)cc1Br. The minimum atomic E-state index is -5.49. The van der Waals surface area contributed by atoms with E-state index in [1.54, 1.807) is 0 Å². The van der Waals surface area contributed by atoms with Crippen LogP contribution in [0.25, 0.3) is 0 Å².